The van der Waals surface area contributed by atoms with Crippen LogP contribution in [0.4, 0.5) is 0 Å². The van der Waals surface area contributed by atoms with Crippen molar-refractivity contribution < 1.29 is 39.8 Å². The summed E-state index contributed by atoms with van der Waals surface area (Å²) in [5.41, 5.74) is 0. The summed E-state index contributed by atoms with van der Waals surface area (Å²) in [4.78, 5) is 13.1. The van der Waals surface area contributed by atoms with Crippen molar-refractivity contribution in [2.24, 2.45) is 0 Å². The van der Waals surface area contributed by atoms with Crippen molar-refractivity contribution in [3.63, 3.8) is 0 Å². The Labute approximate surface area is 431 Å². The molecule has 1 rings (SSSR count). The minimum atomic E-state index is -1.58. The zero-order valence-electron chi connectivity index (χ0n) is 45.5. The number of allylic oxidation sites excluding steroid dienone is 7. The molecule has 7 atom stereocenters. The lowest BCUT2D eigenvalue weighted by Gasteiger charge is -2.40. The van der Waals surface area contributed by atoms with E-state index in [0.29, 0.717) is 6.42 Å². The molecule has 6 N–H and O–H groups in total. The van der Waals surface area contributed by atoms with Gasteiger partial charge in [-0.05, 0) is 70.6 Å². The predicted octanol–water partition coefficient (Wildman–Crippen LogP) is 14.9. The minimum absolute atomic E-state index is 0.191. The van der Waals surface area contributed by atoms with Gasteiger partial charge in [-0.2, -0.15) is 0 Å². The zero-order chi connectivity index (χ0) is 50.8. The van der Waals surface area contributed by atoms with E-state index in [1.807, 2.05) is 6.08 Å². The van der Waals surface area contributed by atoms with E-state index in [1.165, 1.54) is 212 Å². The highest BCUT2D eigenvalue weighted by atomic mass is 16.7. The molecule has 0 bridgehead atoms. The molecular formula is C61H113NO8. The number of aliphatic hydroxyl groups excluding tert-OH is 5. The molecule has 7 unspecified atom stereocenters. The largest absolute Gasteiger partial charge is 0.394 e. The van der Waals surface area contributed by atoms with Crippen LogP contribution in [0.2, 0.25) is 0 Å². The topological polar surface area (TPSA) is 149 Å². The summed E-state index contributed by atoms with van der Waals surface area (Å²) in [5, 5.41) is 54.5. The number of amides is 1. The number of hydrogen-bond acceptors (Lipinski definition) is 8. The highest BCUT2D eigenvalue weighted by Crippen LogP contribution is 2.23. The number of aliphatic hydroxyl groups is 5. The van der Waals surface area contributed by atoms with Crippen molar-refractivity contribution in [2.75, 3.05) is 13.2 Å². The van der Waals surface area contributed by atoms with E-state index >= 15 is 0 Å². The highest BCUT2D eigenvalue weighted by Gasteiger charge is 2.44. The molecule has 9 heteroatoms. The zero-order valence-corrected chi connectivity index (χ0v) is 45.5. The van der Waals surface area contributed by atoms with Gasteiger partial charge in [0.25, 0.3) is 0 Å². The summed E-state index contributed by atoms with van der Waals surface area (Å²) < 4.78 is 11.3. The number of carbonyl (C=O) groups excluding carboxylic acids is 1. The van der Waals surface area contributed by atoms with Gasteiger partial charge in [0.15, 0.2) is 6.29 Å². The third-order valence-electron chi connectivity index (χ3n) is 14.1. The monoisotopic (exact) mass is 988 g/mol. The van der Waals surface area contributed by atoms with Gasteiger partial charge in [-0.3, -0.25) is 4.79 Å². The smallest absolute Gasteiger partial charge is 0.220 e. The Kier molecular flexibility index (Phi) is 47.9. The van der Waals surface area contributed by atoms with E-state index in [0.717, 1.165) is 44.9 Å². The van der Waals surface area contributed by atoms with Crippen LogP contribution in [0.25, 0.3) is 0 Å². The first kappa shape index (κ1) is 66.2. The lowest BCUT2D eigenvalue weighted by atomic mass is 9.99. The fourth-order valence-corrected chi connectivity index (χ4v) is 9.36. The van der Waals surface area contributed by atoms with E-state index in [9.17, 15) is 30.3 Å². The van der Waals surface area contributed by atoms with E-state index in [1.54, 1.807) is 6.08 Å². The van der Waals surface area contributed by atoms with Crippen molar-refractivity contribution in [2.45, 2.75) is 320 Å². The lowest BCUT2D eigenvalue weighted by molar-refractivity contribution is -0.302. The van der Waals surface area contributed by atoms with Gasteiger partial charge in [-0.1, -0.05) is 249 Å². The van der Waals surface area contributed by atoms with Crippen molar-refractivity contribution in [3.05, 3.63) is 48.6 Å². The van der Waals surface area contributed by atoms with Gasteiger partial charge < -0.3 is 40.3 Å². The molecule has 0 aromatic carbocycles. The summed E-state index contributed by atoms with van der Waals surface area (Å²) >= 11 is 0. The second-order valence-electron chi connectivity index (χ2n) is 20.8. The molecule has 9 nitrogen and oxygen atoms in total. The van der Waals surface area contributed by atoms with E-state index < -0.39 is 49.5 Å². The van der Waals surface area contributed by atoms with Crippen molar-refractivity contribution in [1.29, 1.82) is 0 Å². The quantitative estimate of drug-likeness (QED) is 0.0261. The molecule has 0 aliphatic carbocycles. The summed E-state index contributed by atoms with van der Waals surface area (Å²) in [6.45, 7) is 3.78. The van der Waals surface area contributed by atoms with Crippen LogP contribution in [0.3, 0.4) is 0 Å². The molecule has 1 aliphatic rings. The number of nitrogens with one attached hydrogen (secondary N) is 1. The van der Waals surface area contributed by atoms with Crippen LogP contribution >= 0.6 is 0 Å². The third-order valence-corrected chi connectivity index (χ3v) is 14.1. The molecule has 0 radical (unpaired) electrons. The molecule has 0 spiro atoms. The fraction of sp³-hybridized carbons (Fsp3) is 0.852. The van der Waals surface area contributed by atoms with Gasteiger partial charge in [0.1, 0.15) is 24.4 Å². The van der Waals surface area contributed by atoms with Gasteiger partial charge in [-0.15, -0.1) is 0 Å². The molecule has 0 aromatic heterocycles. The standard InChI is InChI=1S/C61H113NO8/c1-3-5-7-9-11-13-15-17-19-21-23-25-27-28-29-31-33-35-37-39-41-43-45-47-49-51-57(65)62-54(53-69-61-60(68)59(67)58(66)56(52-63)70-61)55(64)50-48-46-44-42-40-38-36-34-32-30-26-24-22-20-18-16-14-12-10-8-6-4-2/h28-29,32,34,40,42,48,50,54-56,58-61,63-64,66-68H,3-27,30-31,33,35-39,41,43-47,49,51-53H2,1-2H3,(H,62,65)/b29-28-,34-32+,42-40+,50-48+. The minimum Gasteiger partial charge on any atom is -0.394 e. The number of carbonyl (C=O) groups is 1. The van der Waals surface area contributed by atoms with Gasteiger partial charge in [0, 0.05) is 6.42 Å². The van der Waals surface area contributed by atoms with Crippen LogP contribution in [0.5, 0.6) is 0 Å². The summed E-state index contributed by atoms with van der Waals surface area (Å²) in [6, 6.07) is -0.831. The van der Waals surface area contributed by atoms with E-state index in [4.69, 9.17) is 9.47 Å². The molecule has 410 valence electrons. The Hall–Kier alpha value is -1.85. The van der Waals surface area contributed by atoms with Crippen LogP contribution < -0.4 is 5.32 Å². The molecule has 1 saturated heterocycles. The average molecular weight is 989 g/mol. The Balaban J connectivity index is 2.25. The third kappa shape index (κ3) is 39.7. The summed E-state index contributed by atoms with van der Waals surface area (Å²) in [6.07, 6.45) is 60.4. The Morgan fingerprint density at radius 2 is 0.814 bits per heavy atom. The van der Waals surface area contributed by atoms with Gasteiger partial charge in [0.05, 0.1) is 25.4 Å². The maximum absolute atomic E-state index is 13.1. The molecule has 1 aliphatic heterocycles. The molecule has 1 heterocycles. The van der Waals surface area contributed by atoms with Crippen LogP contribution in [-0.4, -0.2) is 87.5 Å². The van der Waals surface area contributed by atoms with Crippen LogP contribution in [0, 0.1) is 0 Å². The van der Waals surface area contributed by atoms with E-state index in [-0.39, 0.29) is 12.5 Å². The number of rotatable bonds is 51. The maximum Gasteiger partial charge on any atom is 0.220 e. The Morgan fingerprint density at radius 1 is 0.471 bits per heavy atom. The Morgan fingerprint density at radius 3 is 1.20 bits per heavy atom. The molecule has 70 heavy (non-hydrogen) atoms. The SMILES string of the molecule is CCCCCCCCCCCCCC/C=C\CCCCCCCCCCCC(=O)NC(COC1OC(CO)C(O)C(O)C1O)C(O)/C=C/CC/C=C/CC/C=C/CCCCCCCCCCCCCC. The van der Waals surface area contributed by atoms with Crippen molar-refractivity contribution >= 4 is 5.91 Å². The second-order valence-corrected chi connectivity index (χ2v) is 20.8. The van der Waals surface area contributed by atoms with Crippen LogP contribution in [0.1, 0.15) is 277 Å². The second kappa shape index (κ2) is 50.7. The predicted molar refractivity (Wildman–Crippen MR) is 295 cm³/mol. The average Bonchev–Trinajstić information content (AvgIpc) is 3.36. The number of hydrogen-bond donors (Lipinski definition) is 6. The molecule has 0 saturated carbocycles. The van der Waals surface area contributed by atoms with Gasteiger partial charge >= 0.3 is 0 Å². The van der Waals surface area contributed by atoms with Gasteiger partial charge in [-0.25, -0.2) is 0 Å². The number of unbranched alkanes of at least 4 members (excludes halogenated alkanes) is 35. The van der Waals surface area contributed by atoms with Crippen molar-refractivity contribution in [3.8, 4) is 0 Å². The number of ether oxygens (including phenoxy) is 2. The van der Waals surface area contributed by atoms with Crippen LogP contribution in [-0.2, 0) is 14.3 Å². The first-order valence-corrected chi connectivity index (χ1v) is 29.9. The molecule has 0 aromatic rings. The first-order valence-electron chi connectivity index (χ1n) is 29.9. The summed E-state index contributed by atoms with van der Waals surface area (Å²) in [5.74, 6) is -0.191. The van der Waals surface area contributed by atoms with Crippen LogP contribution in [0.15, 0.2) is 48.6 Å². The van der Waals surface area contributed by atoms with E-state index in [2.05, 4.69) is 55.6 Å². The molecule has 1 fully saturated rings. The molecule has 1 amide bonds. The lowest BCUT2D eigenvalue weighted by Crippen LogP contribution is -2.60. The van der Waals surface area contributed by atoms with Crippen molar-refractivity contribution in [1.82, 2.24) is 5.32 Å². The maximum atomic E-state index is 13.1. The normalized spacial score (nSPS) is 19.7. The molecular weight excluding hydrogens is 875 g/mol. The first-order chi connectivity index (χ1) is 34.3. The van der Waals surface area contributed by atoms with Gasteiger partial charge in [0.2, 0.25) is 5.91 Å². The Bertz CT molecular complexity index is 1240. The summed E-state index contributed by atoms with van der Waals surface area (Å²) in [7, 11) is 0. The fourth-order valence-electron chi connectivity index (χ4n) is 9.36. The highest BCUT2D eigenvalue weighted by molar-refractivity contribution is 5.76.